The van der Waals surface area contributed by atoms with E-state index >= 15 is 0 Å². The van der Waals surface area contributed by atoms with Crippen LogP contribution in [0.15, 0.2) is 23.8 Å². The van der Waals surface area contributed by atoms with E-state index in [4.69, 9.17) is 0 Å². The molecule has 0 heterocycles. The van der Waals surface area contributed by atoms with E-state index in [1.807, 2.05) is 18.2 Å². The SMILES string of the molecule is CCCCCC1=CC=CCC1=O. The van der Waals surface area contributed by atoms with Crippen LogP contribution >= 0.6 is 0 Å². The standard InChI is InChI=1S/C11H16O/c1-2-3-4-7-10-8-5-6-9-11(10)12/h5-6,8H,2-4,7,9H2,1H3. The van der Waals surface area contributed by atoms with Gasteiger partial charge in [0.15, 0.2) is 5.78 Å². The number of hydrogen-bond acceptors (Lipinski definition) is 1. The molecule has 0 aromatic carbocycles. The molecule has 0 aromatic rings. The van der Waals surface area contributed by atoms with E-state index in [2.05, 4.69) is 6.92 Å². The van der Waals surface area contributed by atoms with Crippen LogP contribution in [-0.2, 0) is 4.79 Å². The van der Waals surface area contributed by atoms with Crippen LogP contribution in [0.2, 0.25) is 0 Å². The highest BCUT2D eigenvalue weighted by Crippen LogP contribution is 2.15. The number of unbranched alkanes of at least 4 members (excludes halogenated alkanes) is 2. The van der Waals surface area contributed by atoms with Gasteiger partial charge in [-0.25, -0.2) is 0 Å². The quantitative estimate of drug-likeness (QED) is 0.584. The maximum absolute atomic E-state index is 11.3. The molecule has 0 atom stereocenters. The second kappa shape index (κ2) is 4.91. The van der Waals surface area contributed by atoms with Crippen LogP contribution in [0.4, 0.5) is 0 Å². The molecule has 0 unspecified atom stereocenters. The molecule has 0 aromatic heterocycles. The lowest BCUT2D eigenvalue weighted by Gasteiger charge is -2.06. The summed E-state index contributed by atoms with van der Waals surface area (Å²) in [6.45, 7) is 2.18. The Kier molecular flexibility index (Phi) is 3.78. The van der Waals surface area contributed by atoms with Gasteiger partial charge in [-0.15, -0.1) is 0 Å². The first-order valence-electron chi connectivity index (χ1n) is 4.73. The third-order valence-corrected chi connectivity index (χ3v) is 2.14. The minimum absolute atomic E-state index is 0.314. The molecule has 0 amide bonds. The Morgan fingerprint density at radius 1 is 1.42 bits per heavy atom. The van der Waals surface area contributed by atoms with E-state index in [9.17, 15) is 4.79 Å². The van der Waals surface area contributed by atoms with Crippen LogP contribution < -0.4 is 0 Å². The molecule has 1 heteroatoms. The fourth-order valence-electron chi connectivity index (χ4n) is 1.37. The average molecular weight is 164 g/mol. The number of allylic oxidation sites excluding steroid dienone is 4. The lowest BCUT2D eigenvalue weighted by molar-refractivity contribution is -0.115. The molecule has 0 spiro atoms. The summed E-state index contributed by atoms with van der Waals surface area (Å²) >= 11 is 0. The molecule has 0 radical (unpaired) electrons. The molecule has 1 aliphatic carbocycles. The van der Waals surface area contributed by atoms with E-state index in [1.54, 1.807) is 0 Å². The average Bonchev–Trinajstić information content (AvgIpc) is 2.09. The monoisotopic (exact) mass is 164 g/mol. The summed E-state index contributed by atoms with van der Waals surface area (Å²) in [4.78, 5) is 11.3. The van der Waals surface area contributed by atoms with Gasteiger partial charge < -0.3 is 0 Å². The topological polar surface area (TPSA) is 17.1 Å². The van der Waals surface area contributed by atoms with Crippen LogP contribution in [0.5, 0.6) is 0 Å². The summed E-state index contributed by atoms with van der Waals surface area (Å²) in [5.41, 5.74) is 1.02. The van der Waals surface area contributed by atoms with Gasteiger partial charge >= 0.3 is 0 Å². The van der Waals surface area contributed by atoms with Crippen molar-refractivity contribution in [3.05, 3.63) is 23.8 Å². The molecule has 66 valence electrons. The lowest BCUT2D eigenvalue weighted by Crippen LogP contribution is -2.03. The molecule has 0 saturated heterocycles. The fraction of sp³-hybridized carbons (Fsp3) is 0.545. The van der Waals surface area contributed by atoms with Crippen molar-refractivity contribution in [1.82, 2.24) is 0 Å². The number of ketones is 1. The molecule has 0 N–H and O–H groups in total. The Morgan fingerprint density at radius 2 is 2.25 bits per heavy atom. The highest BCUT2D eigenvalue weighted by atomic mass is 16.1. The third-order valence-electron chi connectivity index (χ3n) is 2.14. The number of rotatable bonds is 4. The number of carbonyl (C=O) groups is 1. The van der Waals surface area contributed by atoms with Gasteiger partial charge in [-0.2, -0.15) is 0 Å². The van der Waals surface area contributed by atoms with Crippen molar-refractivity contribution >= 4 is 5.78 Å². The van der Waals surface area contributed by atoms with Gasteiger partial charge in [-0.05, 0) is 18.4 Å². The van der Waals surface area contributed by atoms with Gasteiger partial charge in [-0.3, -0.25) is 4.79 Å². The summed E-state index contributed by atoms with van der Waals surface area (Å²) in [6, 6.07) is 0. The van der Waals surface area contributed by atoms with Crippen molar-refractivity contribution in [2.24, 2.45) is 0 Å². The van der Waals surface area contributed by atoms with Crippen LogP contribution in [0.25, 0.3) is 0 Å². The lowest BCUT2D eigenvalue weighted by atomic mass is 9.98. The van der Waals surface area contributed by atoms with Crippen molar-refractivity contribution in [2.75, 3.05) is 0 Å². The zero-order valence-corrected chi connectivity index (χ0v) is 7.68. The molecule has 0 aliphatic heterocycles. The number of Topliss-reactive ketones (excluding diaryl/α,β-unsaturated/α-hetero) is 1. The highest BCUT2D eigenvalue weighted by Gasteiger charge is 2.08. The molecular weight excluding hydrogens is 148 g/mol. The predicted molar refractivity (Wildman–Crippen MR) is 51.0 cm³/mol. The molecule has 1 aliphatic rings. The van der Waals surface area contributed by atoms with Crippen molar-refractivity contribution in [3.63, 3.8) is 0 Å². The molecule has 0 fully saturated rings. The summed E-state index contributed by atoms with van der Waals surface area (Å²) in [5.74, 6) is 0.314. The first-order chi connectivity index (χ1) is 5.84. The maximum Gasteiger partial charge on any atom is 0.162 e. The third kappa shape index (κ3) is 2.65. The maximum atomic E-state index is 11.3. The zero-order chi connectivity index (χ0) is 8.81. The van der Waals surface area contributed by atoms with Crippen molar-refractivity contribution in [2.45, 2.75) is 39.0 Å². The largest absolute Gasteiger partial charge is 0.294 e. The van der Waals surface area contributed by atoms with E-state index in [0.29, 0.717) is 12.2 Å². The Morgan fingerprint density at radius 3 is 2.92 bits per heavy atom. The van der Waals surface area contributed by atoms with Crippen molar-refractivity contribution in [1.29, 1.82) is 0 Å². The normalized spacial score (nSPS) is 16.4. The van der Waals surface area contributed by atoms with Gasteiger partial charge in [-0.1, -0.05) is 38.0 Å². The van der Waals surface area contributed by atoms with Crippen LogP contribution in [-0.4, -0.2) is 5.78 Å². The first-order valence-corrected chi connectivity index (χ1v) is 4.73. The molecular formula is C11H16O. The minimum Gasteiger partial charge on any atom is -0.294 e. The minimum atomic E-state index is 0.314. The summed E-state index contributed by atoms with van der Waals surface area (Å²) in [7, 11) is 0. The van der Waals surface area contributed by atoms with Gasteiger partial charge in [0.05, 0.1) is 0 Å². The predicted octanol–water partition coefficient (Wildman–Crippen LogP) is 3.02. The Labute approximate surface area is 74.2 Å². The molecule has 0 bridgehead atoms. The summed E-state index contributed by atoms with van der Waals surface area (Å²) in [5, 5.41) is 0. The second-order valence-corrected chi connectivity index (χ2v) is 3.20. The van der Waals surface area contributed by atoms with E-state index < -0.39 is 0 Å². The van der Waals surface area contributed by atoms with E-state index in [0.717, 1.165) is 18.4 Å². The van der Waals surface area contributed by atoms with Crippen LogP contribution in [0.1, 0.15) is 39.0 Å². The fourth-order valence-corrected chi connectivity index (χ4v) is 1.37. The van der Waals surface area contributed by atoms with E-state index in [1.165, 1.54) is 12.8 Å². The molecule has 1 nitrogen and oxygen atoms in total. The number of hydrogen-bond donors (Lipinski definition) is 0. The second-order valence-electron chi connectivity index (χ2n) is 3.20. The van der Waals surface area contributed by atoms with E-state index in [-0.39, 0.29) is 0 Å². The summed E-state index contributed by atoms with van der Waals surface area (Å²) < 4.78 is 0. The van der Waals surface area contributed by atoms with Crippen molar-refractivity contribution < 1.29 is 4.79 Å². The highest BCUT2D eigenvalue weighted by molar-refractivity contribution is 5.97. The van der Waals surface area contributed by atoms with Gasteiger partial charge in [0.1, 0.15) is 0 Å². The van der Waals surface area contributed by atoms with Gasteiger partial charge in [0, 0.05) is 6.42 Å². The molecule has 12 heavy (non-hydrogen) atoms. The van der Waals surface area contributed by atoms with Gasteiger partial charge in [0.2, 0.25) is 0 Å². The Hall–Kier alpha value is -0.850. The zero-order valence-electron chi connectivity index (χ0n) is 7.68. The van der Waals surface area contributed by atoms with Crippen LogP contribution in [0, 0.1) is 0 Å². The first kappa shape index (κ1) is 9.24. The van der Waals surface area contributed by atoms with Gasteiger partial charge in [0.25, 0.3) is 0 Å². The molecule has 1 rings (SSSR count). The Balaban J connectivity index is 2.34. The number of carbonyl (C=O) groups excluding carboxylic acids is 1. The van der Waals surface area contributed by atoms with Crippen LogP contribution in [0.3, 0.4) is 0 Å². The van der Waals surface area contributed by atoms with Crippen molar-refractivity contribution in [3.8, 4) is 0 Å². The Bertz CT molecular complexity index is 211. The summed E-state index contributed by atoms with van der Waals surface area (Å²) in [6.07, 6.45) is 11.1. The molecule has 0 saturated carbocycles. The smallest absolute Gasteiger partial charge is 0.162 e.